The number of aryl methyl sites for hydroxylation is 1. The van der Waals surface area contributed by atoms with Gasteiger partial charge in [0.2, 0.25) is 0 Å². The van der Waals surface area contributed by atoms with Crippen molar-refractivity contribution in [3.05, 3.63) is 58.2 Å². The summed E-state index contributed by atoms with van der Waals surface area (Å²) in [6.45, 7) is 2.53. The number of aromatic nitrogens is 3. The van der Waals surface area contributed by atoms with Gasteiger partial charge in [-0.1, -0.05) is 35.9 Å². The van der Waals surface area contributed by atoms with Crippen LogP contribution in [0.25, 0.3) is 0 Å². The van der Waals surface area contributed by atoms with E-state index in [2.05, 4.69) is 14.8 Å². The quantitative estimate of drug-likeness (QED) is 0.750. The number of hydrogen-bond acceptors (Lipinski definition) is 5. The summed E-state index contributed by atoms with van der Waals surface area (Å²) in [5.74, 6) is 0.0307. The number of nitrogens with one attached hydrogen (secondary N) is 1. The second-order valence-electron chi connectivity index (χ2n) is 4.86. The first-order chi connectivity index (χ1) is 10.9. The van der Waals surface area contributed by atoms with Crippen LogP contribution >= 0.6 is 22.9 Å². The van der Waals surface area contributed by atoms with Crippen LogP contribution in [-0.2, 0) is 16.6 Å². The van der Waals surface area contributed by atoms with E-state index in [1.54, 1.807) is 4.68 Å². The molecule has 0 fully saturated rings. The van der Waals surface area contributed by atoms with Gasteiger partial charge in [0.25, 0.3) is 16.0 Å². The van der Waals surface area contributed by atoms with Gasteiger partial charge in [-0.2, -0.15) is 4.98 Å². The van der Waals surface area contributed by atoms with Crippen molar-refractivity contribution in [2.24, 2.45) is 0 Å². The van der Waals surface area contributed by atoms with Crippen LogP contribution in [0, 0.1) is 6.92 Å². The second-order valence-corrected chi connectivity index (χ2v) is 8.48. The number of anilines is 1. The SMILES string of the molecule is Cc1ccccc1Cn1cnc(NS(=O)(=O)c2ccc(Cl)s2)n1. The number of halogens is 1. The molecule has 9 heteroatoms. The van der Waals surface area contributed by atoms with E-state index >= 15 is 0 Å². The standard InChI is InChI=1S/C14H13ClN4O2S2/c1-10-4-2-3-5-11(10)8-19-9-16-14(17-19)18-23(20,21)13-7-6-12(15)22-13/h2-7,9H,8H2,1H3,(H,17,18). The van der Waals surface area contributed by atoms with E-state index < -0.39 is 10.0 Å². The van der Waals surface area contributed by atoms with Crippen molar-refractivity contribution in [2.75, 3.05) is 4.72 Å². The van der Waals surface area contributed by atoms with E-state index in [1.807, 2.05) is 31.2 Å². The minimum Gasteiger partial charge on any atom is -0.246 e. The summed E-state index contributed by atoms with van der Waals surface area (Å²) in [6, 6.07) is 10.9. The summed E-state index contributed by atoms with van der Waals surface area (Å²) in [7, 11) is -3.71. The molecule has 0 aliphatic carbocycles. The van der Waals surface area contributed by atoms with E-state index in [0.717, 1.165) is 22.5 Å². The Hall–Kier alpha value is -1.90. The molecule has 2 heterocycles. The molecule has 0 aliphatic rings. The highest BCUT2D eigenvalue weighted by Crippen LogP contribution is 2.26. The lowest BCUT2D eigenvalue weighted by Crippen LogP contribution is -2.13. The normalized spacial score (nSPS) is 11.6. The molecule has 0 atom stereocenters. The molecule has 0 aliphatic heterocycles. The zero-order valence-electron chi connectivity index (χ0n) is 12.1. The van der Waals surface area contributed by atoms with Gasteiger partial charge in [0, 0.05) is 0 Å². The number of sulfonamides is 1. The van der Waals surface area contributed by atoms with Crippen molar-refractivity contribution in [2.45, 2.75) is 17.7 Å². The van der Waals surface area contributed by atoms with Crippen LogP contribution < -0.4 is 4.72 Å². The summed E-state index contributed by atoms with van der Waals surface area (Å²) in [4.78, 5) is 3.99. The predicted octanol–water partition coefficient (Wildman–Crippen LogP) is 3.15. The third-order valence-electron chi connectivity index (χ3n) is 3.17. The zero-order valence-corrected chi connectivity index (χ0v) is 14.5. The minimum absolute atomic E-state index is 0.0307. The van der Waals surface area contributed by atoms with Crippen molar-refractivity contribution in [3.63, 3.8) is 0 Å². The van der Waals surface area contributed by atoms with Crippen LogP contribution in [0.1, 0.15) is 11.1 Å². The average molecular weight is 369 g/mol. The number of benzene rings is 1. The van der Waals surface area contributed by atoms with Gasteiger partial charge in [0.1, 0.15) is 10.5 Å². The Balaban J connectivity index is 1.76. The van der Waals surface area contributed by atoms with Crippen molar-refractivity contribution in [1.29, 1.82) is 0 Å². The van der Waals surface area contributed by atoms with Crippen molar-refractivity contribution >= 4 is 38.9 Å². The van der Waals surface area contributed by atoms with E-state index in [1.165, 1.54) is 18.5 Å². The van der Waals surface area contributed by atoms with Crippen LogP contribution in [0.2, 0.25) is 4.34 Å². The lowest BCUT2D eigenvalue weighted by molar-refractivity contribution is 0.602. The lowest BCUT2D eigenvalue weighted by Gasteiger charge is -2.04. The molecule has 0 spiro atoms. The zero-order chi connectivity index (χ0) is 16.4. The molecule has 6 nitrogen and oxygen atoms in total. The highest BCUT2D eigenvalue weighted by atomic mass is 35.5. The maximum absolute atomic E-state index is 12.2. The van der Waals surface area contributed by atoms with Gasteiger partial charge in [-0.15, -0.1) is 16.4 Å². The summed E-state index contributed by atoms with van der Waals surface area (Å²) in [5, 5.41) is 4.15. The average Bonchev–Trinajstić information content (AvgIpc) is 3.11. The Labute approximate surface area is 142 Å². The van der Waals surface area contributed by atoms with Gasteiger partial charge < -0.3 is 0 Å². The predicted molar refractivity (Wildman–Crippen MR) is 90.4 cm³/mol. The Morgan fingerprint density at radius 2 is 2.04 bits per heavy atom. The Kier molecular flexibility index (Phi) is 4.38. The van der Waals surface area contributed by atoms with E-state index in [4.69, 9.17) is 11.6 Å². The number of thiophene rings is 1. The molecule has 1 N–H and O–H groups in total. The second kappa shape index (κ2) is 6.31. The summed E-state index contributed by atoms with van der Waals surface area (Å²) in [6.07, 6.45) is 1.49. The fraction of sp³-hybridized carbons (Fsp3) is 0.143. The highest BCUT2D eigenvalue weighted by Gasteiger charge is 2.18. The fourth-order valence-corrected chi connectivity index (χ4v) is 4.42. The Morgan fingerprint density at radius 1 is 1.26 bits per heavy atom. The molecular formula is C14H13ClN4O2S2. The first-order valence-electron chi connectivity index (χ1n) is 6.66. The molecule has 2 aromatic heterocycles. The van der Waals surface area contributed by atoms with Gasteiger partial charge >= 0.3 is 0 Å². The molecule has 0 saturated carbocycles. The Morgan fingerprint density at radius 3 is 2.74 bits per heavy atom. The van der Waals surface area contributed by atoms with Crippen LogP contribution in [0.3, 0.4) is 0 Å². The number of nitrogens with zero attached hydrogens (tertiary/aromatic N) is 3. The van der Waals surface area contributed by atoms with Gasteiger partial charge in [0.05, 0.1) is 10.9 Å². The fourth-order valence-electron chi connectivity index (χ4n) is 1.99. The van der Waals surface area contributed by atoms with Gasteiger partial charge in [-0.05, 0) is 30.2 Å². The summed E-state index contributed by atoms with van der Waals surface area (Å²) >= 11 is 6.75. The third-order valence-corrected chi connectivity index (χ3v) is 6.22. The number of hydrogen-bond donors (Lipinski definition) is 1. The van der Waals surface area contributed by atoms with E-state index in [9.17, 15) is 8.42 Å². The molecule has 3 rings (SSSR count). The molecular weight excluding hydrogens is 356 g/mol. The first kappa shape index (κ1) is 16.0. The summed E-state index contributed by atoms with van der Waals surface area (Å²) < 4.78 is 28.8. The molecule has 3 aromatic rings. The summed E-state index contributed by atoms with van der Waals surface area (Å²) in [5.41, 5.74) is 2.23. The van der Waals surface area contributed by atoms with Crippen LogP contribution in [-0.4, -0.2) is 23.2 Å². The van der Waals surface area contributed by atoms with Gasteiger partial charge in [-0.25, -0.2) is 17.8 Å². The highest BCUT2D eigenvalue weighted by molar-refractivity contribution is 7.94. The molecule has 0 radical (unpaired) electrons. The minimum atomic E-state index is -3.71. The topological polar surface area (TPSA) is 76.9 Å². The molecule has 120 valence electrons. The van der Waals surface area contributed by atoms with Crippen LogP contribution in [0.5, 0.6) is 0 Å². The van der Waals surface area contributed by atoms with Crippen LogP contribution in [0.15, 0.2) is 46.9 Å². The smallest absolute Gasteiger partial charge is 0.246 e. The lowest BCUT2D eigenvalue weighted by atomic mass is 10.1. The maximum Gasteiger partial charge on any atom is 0.273 e. The van der Waals surface area contributed by atoms with Gasteiger partial charge in [-0.3, -0.25) is 0 Å². The van der Waals surface area contributed by atoms with Crippen molar-refractivity contribution in [1.82, 2.24) is 14.8 Å². The van der Waals surface area contributed by atoms with Crippen LogP contribution in [0.4, 0.5) is 5.95 Å². The molecule has 0 amide bonds. The third kappa shape index (κ3) is 3.72. The Bertz CT molecular complexity index is 934. The molecule has 23 heavy (non-hydrogen) atoms. The van der Waals surface area contributed by atoms with Crippen molar-refractivity contribution < 1.29 is 8.42 Å². The largest absolute Gasteiger partial charge is 0.273 e. The first-order valence-corrected chi connectivity index (χ1v) is 9.34. The van der Waals surface area contributed by atoms with Crippen molar-refractivity contribution in [3.8, 4) is 0 Å². The molecule has 0 unspecified atom stereocenters. The monoisotopic (exact) mass is 368 g/mol. The molecule has 1 aromatic carbocycles. The van der Waals surface area contributed by atoms with E-state index in [0.29, 0.717) is 10.9 Å². The van der Waals surface area contributed by atoms with E-state index in [-0.39, 0.29) is 10.2 Å². The molecule has 0 saturated heterocycles. The van der Waals surface area contributed by atoms with Gasteiger partial charge in [0.15, 0.2) is 0 Å². The maximum atomic E-state index is 12.2. The molecule has 0 bridgehead atoms. The number of rotatable bonds is 5.